The van der Waals surface area contributed by atoms with Crippen LogP contribution in [0.2, 0.25) is 0 Å². The van der Waals surface area contributed by atoms with Gasteiger partial charge in [0.2, 0.25) is 0 Å². The van der Waals surface area contributed by atoms with Crippen molar-refractivity contribution >= 4 is 27.0 Å². The van der Waals surface area contributed by atoms with E-state index < -0.39 is 37.9 Å². The number of nitrogens with two attached hydrogens (primary N) is 1. The maximum atomic E-state index is 15.9. The predicted octanol–water partition coefficient (Wildman–Crippen LogP) is 5.74. The quantitative estimate of drug-likeness (QED) is 0.332. The number of rotatable bonds is 6. The number of halogens is 3. The van der Waals surface area contributed by atoms with Gasteiger partial charge in [-0.05, 0) is 54.8 Å². The Labute approximate surface area is 215 Å². The van der Waals surface area contributed by atoms with Crippen LogP contribution in [0.5, 0.6) is 0 Å². The van der Waals surface area contributed by atoms with E-state index in [1.807, 2.05) is 0 Å². The molecular formula is C26H22F3N3O3S2. The molecule has 0 bridgehead atoms. The SMILES string of the molecule is Nc1cc(-c2sc(C3CCOCC3)nc2-c2cccc(CS(=O)(=O)c3cc(F)ccc3F)c2F)ccn1. The minimum atomic E-state index is -4.38. The van der Waals surface area contributed by atoms with Crippen molar-refractivity contribution in [2.45, 2.75) is 29.4 Å². The van der Waals surface area contributed by atoms with Gasteiger partial charge in [0.1, 0.15) is 28.2 Å². The highest BCUT2D eigenvalue weighted by Gasteiger charge is 2.27. The summed E-state index contributed by atoms with van der Waals surface area (Å²) in [6.45, 7) is 1.21. The molecule has 11 heteroatoms. The van der Waals surface area contributed by atoms with Crippen LogP contribution < -0.4 is 5.73 Å². The van der Waals surface area contributed by atoms with Gasteiger partial charge in [0.05, 0.1) is 21.3 Å². The highest BCUT2D eigenvalue weighted by atomic mass is 32.2. The summed E-state index contributed by atoms with van der Waals surface area (Å²) < 4.78 is 75.0. The number of anilines is 1. The number of pyridine rings is 1. The normalized spacial score (nSPS) is 14.7. The maximum Gasteiger partial charge on any atom is 0.185 e. The van der Waals surface area contributed by atoms with Crippen LogP contribution in [0.4, 0.5) is 19.0 Å². The summed E-state index contributed by atoms with van der Waals surface area (Å²) in [5.74, 6) is -3.21. The molecule has 6 nitrogen and oxygen atoms in total. The lowest BCUT2D eigenvalue weighted by molar-refractivity contribution is 0.0853. The average molecular weight is 546 g/mol. The van der Waals surface area contributed by atoms with Crippen molar-refractivity contribution in [1.29, 1.82) is 0 Å². The summed E-state index contributed by atoms with van der Waals surface area (Å²) in [4.78, 5) is 8.67. The minimum Gasteiger partial charge on any atom is -0.384 e. The number of hydrogen-bond acceptors (Lipinski definition) is 7. The molecule has 2 aromatic carbocycles. The van der Waals surface area contributed by atoms with E-state index in [2.05, 4.69) is 4.98 Å². The Morgan fingerprint density at radius 1 is 1.05 bits per heavy atom. The number of nitrogens with zero attached hydrogens (tertiary/aromatic N) is 2. The highest BCUT2D eigenvalue weighted by molar-refractivity contribution is 7.90. The molecule has 0 atom stereocenters. The molecule has 4 aromatic rings. The second kappa shape index (κ2) is 10.2. The summed E-state index contributed by atoms with van der Waals surface area (Å²) in [7, 11) is -4.38. The van der Waals surface area contributed by atoms with E-state index in [-0.39, 0.29) is 17.0 Å². The van der Waals surface area contributed by atoms with Gasteiger partial charge in [-0.1, -0.05) is 12.1 Å². The topological polar surface area (TPSA) is 95.2 Å². The minimum absolute atomic E-state index is 0.104. The van der Waals surface area contributed by atoms with Crippen LogP contribution in [-0.2, 0) is 20.3 Å². The van der Waals surface area contributed by atoms with Crippen LogP contribution in [0.15, 0.2) is 59.6 Å². The molecule has 0 aliphatic carbocycles. The molecule has 0 amide bonds. The fourth-order valence-corrected chi connectivity index (χ4v) is 6.99. The summed E-state index contributed by atoms with van der Waals surface area (Å²) in [5.41, 5.74) is 6.88. The summed E-state index contributed by atoms with van der Waals surface area (Å²) in [6.07, 6.45) is 3.12. The number of benzene rings is 2. The first-order chi connectivity index (χ1) is 17.7. The van der Waals surface area contributed by atoms with Crippen molar-refractivity contribution < 1.29 is 26.3 Å². The van der Waals surface area contributed by atoms with Crippen molar-refractivity contribution in [2.75, 3.05) is 18.9 Å². The molecule has 0 saturated carbocycles. The standard InChI is InChI=1S/C26H22F3N3O3S2/c27-18-4-5-20(28)21(13-18)37(33,34)14-17-2-1-3-19(23(17)29)24-25(16-6-9-31-22(30)12-16)36-26(32-24)15-7-10-35-11-8-15/h1-6,9,12-13,15H,7-8,10-11,14H2,(H2,30,31). The average Bonchev–Trinajstić information content (AvgIpc) is 3.32. The van der Waals surface area contributed by atoms with Gasteiger partial charge in [-0.2, -0.15) is 0 Å². The van der Waals surface area contributed by atoms with Crippen LogP contribution in [-0.4, -0.2) is 31.6 Å². The molecule has 0 radical (unpaired) electrons. The largest absolute Gasteiger partial charge is 0.384 e. The number of nitrogen functional groups attached to an aromatic ring is 1. The van der Waals surface area contributed by atoms with E-state index in [0.29, 0.717) is 41.2 Å². The van der Waals surface area contributed by atoms with E-state index in [1.54, 1.807) is 18.3 Å². The van der Waals surface area contributed by atoms with E-state index >= 15 is 4.39 Å². The Morgan fingerprint density at radius 3 is 2.59 bits per heavy atom. The first-order valence-electron chi connectivity index (χ1n) is 11.5. The number of hydrogen-bond donors (Lipinski definition) is 1. The van der Waals surface area contributed by atoms with E-state index in [4.69, 9.17) is 15.5 Å². The van der Waals surface area contributed by atoms with Crippen LogP contribution in [0.3, 0.4) is 0 Å². The van der Waals surface area contributed by atoms with Crippen molar-refractivity contribution in [3.05, 3.63) is 82.8 Å². The smallest absolute Gasteiger partial charge is 0.185 e. The van der Waals surface area contributed by atoms with Gasteiger partial charge in [-0.3, -0.25) is 0 Å². The van der Waals surface area contributed by atoms with Gasteiger partial charge in [-0.15, -0.1) is 11.3 Å². The second-order valence-corrected chi connectivity index (χ2v) is 11.7. The number of aromatic nitrogens is 2. The van der Waals surface area contributed by atoms with Crippen molar-refractivity contribution in [1.82, 2.24) is 9.97 Å². The molecule has 1 saturated heterocycles. The lowest BCUT2D eigenvalue weighted by Crippen LogP contribution is -2.13. The van der Waals surface area contributed by atoms with Crippen LogP contribution in [0, 0.1) is 17.5 Å². The molecule has 2 N–H and O–H groups in total. The van der Waals surface area contributed by atoms with Gasteiger partial charge < -0.3 is 10.5 Å². The molecule has 1 aliphatic heterocycles. The third-order valence-electron chi connectivity index (χ3n) is 6.17. The number of ether oxygens (including phenoxy) is 1. The summed E-state index contributed by atoms with van der Waals surface area (Å²) in [5, 5.41) is 0.822. The van der Waals surface area contributed by atoms with Crippen LogP contribution in [0.1, 0.15) is 29.3 Å². The molecule has 192 valence electrons. The molecule has 0 unspecified atom stereocenters. The van der Waals surface area contributed by atoms with Gasteiger partial charge in [0.15, 0.2) is 9.84 Å². The van der Waals surface area contributed by atoms with Gasteiger partial charge in [0, 0.05) is 36.5 Å². The molecule has 1 aliphatic rings. The Hall–Kier alpha value is -3.28. The van der Waals surface area contributed by atoms with Gasteiger partial charge >= 0.3 is 0 Å². The van der Waals surface area contributed by atoms with Gasteiger partial charge in [0.25, 0.3) is 0 Å². The lowest BCUT2D eigenvalue weighted by Gasteiger charge is -2.19. The monoisotopic (exact) mass is 545 g/mol. The third kappa shape index (κ3) is 5.25. The summed E-state index contributed by atoms with van der Waals surface area (Å²) >= 11 is 1.42. The maximum absolute atomic E-state index is 15.9. The fourth-order valence-electron chi connectivity index (χ4n) is 4.30. The molecule has 0 spiro atoms. The second-order valence-electron chi connectivity index (χ2n) is 8.70. The summed E-state index contributed by atoms with van der Waals surface area (Å²) in [6, 6.07) is 9.91. The first-order valence-corrected chi connectivity index (χ1v) is 14.0. The zero-order valence-electron chi connectivity index (χ0n) is 19.5. The molecule has 5 rings (SSSR count). The first kappa shape index (κ1) is 25.4. The van der Waals surface area contributed by atoms with Crippen molar-refractivity contribution in [3.63, 3.8) is 0 Å². The Bertz CT molecular complexity index is 1570. The molecule has 37 heavy (non-hydrogen) atoms. The molecule has 1 fully saturated rings. The van der Waals surface area contributed by atoms with E-state index in [0.717, 1.165) is 30.0 Å². The van der Waals surface area contributed by atoms with Crippen LogP contribution >= 0.6 is 11.3 Å². The Morgan fingerprint density at radius 2 is 1.84 bits per heavy atom. The molecular weight excluding hydrogens is 523 g/mol. The van der Waals surface area contributed by atoms with Crippen molar-refractivity contribution in [3.8, 4) is 21.7 Å². The Balaban J connectivity index is 1.59. The highest BCUT2D eigenvalue weighted by Crippen LogP contribution is 2.42. The van der Waals surface area contributed by atoms with E-state index in [9.17, 15) is 17.2 Å². The zero-order valence-corrected chi connectivity index (χ0v) is 21.1. The van der Waals surface area contributed by atoms with Gasteiger partial charge in [-0.25, -0.2) is 31.6 Å². The number of thiazole rings is 1. The Kier molecular flexibility index (Phi) is 7.02. The predicted molar refractivity (Wildman–Crippen MR) is 135 cm³/mol. The molecule has 2 aromatic heterocycles. The fraction of sp³-hybridized carbons (Fsp3) is 0.231. The van der Waals surface area contributed by atoms with Crippen molar-refractivity contribution in [2.24, 2.45) is 0 Å². The molecule has 3 heterocycles. The zero-order chi connectivity index (χ0) is 26.2. The lowest BCUT2D eigenvalue weighted by atomic mass is 10.0. The third-order valence-corrected chi connectivity index (χ3v) is 9.11. The van der Waals surface area contributed by atoms with E-state index in [1.165, 1.54) is 29.5 Å². The van der Waals surface area contributed by atoms with Crippen LogP contribution in [0.25, 0.3) is 21.7 Å². The number of sulfone groups is 1.